The average Bonchev–Trinajstić information content (AvgIpc) is 3.73. The molecule has 0 bridgehead atoms. The first-order chi connectivity index (χ1) is 23.8. The molecule has 234 valence electrons. The summed E-state index contributed by atoms with van der Waals surface area (Å²) >= 11 is 1.74. The van der Waals surface area contributed by atoms with Crippen molar-refractivity contribution < 1.29 is 0 Å². The van der Waals surface area contributed by atoms with Gasteiger partial charge in [-0.2, -0.15) is 0 Å². The largest absolute Gasteiger partial charge is 0.308 e. The topological polar surface area (TPSA) is 56.5 Å². The summed E-state index contributed by atoms with van der Waals surface area (Å²) in [7, 11) is 0. The summed E-state index contributed by atoms with van der Waals surface area (Å²) < 4.78 is 3.61. The van der Waals surface area contributed by atoms with Crippen molar-refractivity contribution in [1.82, 2.24) is 24.5 Å². The number of thiophene rings is 1. The predicted molar refractivity (Wildman–Crippen MR) is 204 cm³/mol. The lowest BCUT2D eigenvalue weighted by atomic mass is 10.1. The van der Waals surface area contributed by atoms with E-state index in [1.54, 1.807) is 11.3 Å². The SMILES string of the molecule is CC.CC.c1ccc(-c2nc(-c3ccccc3)nc(-c3ccc(-n4c5ccccc5c5cnc6sc7ccccc7c6c54)cc3)n2)cc1. The molecule has 9 aromatic rings. The highest BCUT2D eigenvalue weighted by atomic mass is 32.1. The Kier molecular flexibility index (Phi) is 8.73. The molecule has 0 fully saturated rings. The first kappa shape index (κ1) is 30.9. The Morgan fingerprint density at radius 1 is 0.479 bits per heavy atom. The van der Waals surface area contributed by atoms with Gasteiger partial charge in [-0.3, -0.25) is 0 Å². The first-order valence-electron chi connectivity index (χ1n) is 16.5. The molecule has 0 amide bonds. The summed E-state index contributed by atoms with van der Waals surface area (Å²) in [5.41, 5.74) is 6.24. The molecular formula is C42H35N5S. The second kappa shape index (κ2) is 13.6. The van der Waals surface area contributed by atoms with Crippen molar-refractivity contribution in [2.75, 3.05) is 0 Å². The minimum Gasteiger partial charge on any atom is -0.308 e. The summed E-state index contributed by atoms with van der Waals surface area (Å²) in [6, 6.07) is 45.8. The summed E-state index contributed by atoms with van der Waals surface area (Å²) in [4.78, 5) is 20.6. The maximum atomic E-state index is 4.92. The zero-order valence-corrected chi connectivity index (χ0v) is 28.2. The van der Waals surface area contributed by atoms with Crippen LogP contribution in [-0.2, 0) is 0 Å². The Hall–Kier alpha value is -5.72. The van der Waals surface area contributed by atoms with Crippen molar-refractivity contribution in [2.45, 2.75) is 27.7 Å². The van der Waals surface area contributed by atoms with Gasteiger partial charge in [0.05, 0.1) is 11.0 Å². The minimum atomic E-state index is 0.641. The van der Waals surface area contributed by atoms with E-state index < -0.39 is 0 Å². The van der Waals surface area contributed by atoms with Crippen LogP contribution < -0.4 is 0 Å². The van der Waals surface area contributed by atoms with E-state index in [4.69, 9.17) is 19.9 Å². The maximum absolute atomic E-state index is 4.92. The van der Waals surface area contributed by atoms with Gasteiger partial charge < -0.3 is 4.57 Å². The van der Waals surface area contributed by atoms with Crippen molar-refractivity contribution in [2.24, 2.45) is 0 Å². The summed E-state index contributed by atoms with van der Waals surface area (Å²) in [5.74, 6) is 1.95. The second-order valence-corrected chi connectivity index (χ2v) is 11.8. The van der Waals surface area contributed by atoms with E-state index >= 15 is 0 Å². The zero-order valence-electron chi connectivity index (χ0n) is 27.4. The highest BCUT2D eigenvalue weighted by Gasteiger charge is 2.19. The molecule has 48 heavy (non-hydrogen) atoms. The Morgan fingerprint density at radius 2 is 0.979 bits per heavy atom. The van der Waals surface area contributed by atoms with Gasteiger partial charge in [0.15, 0.2) is 17.5 Å². The standard InChI is InChI=1S/C38H23N5S.2C2H6/c1-3-11-24(12-4-1)35-40-36(25-13-5-2-6-14-25)42-37(41-35)26-19-21-27(22-20-26)43-31-17-9-7-15-28(31)30-23-39-38-33(34(30)43)29-16-8-10-18-32(29)44-38;2*1-2/h1-23H;2*1-2H3. The van der Waals surface area contributed by atoms with Crippen LogP contribution in [0.5, 0.6) is 0 Å². The second-order valence-electron chi connectivity index (χ2n) is 10.7. The van der Waals surface area contributed by atoms with Crippen LogP contribution in [0.3, 0.4) is 0 Å². The van der Waals surface area contributed by atoms with Crippen LogP contribution in [0.15, 0.2) is 140 Å². The Balaban J connectivity index is 0.000000880. The third-order valence-electron chi connectivity index (χ3n) is 8.12. The lowest BCUT2D eigenvalue weighted by Crippen LogP contribution is -2.00. The number of para-hydroxylation sites is 1. The molecular weight excluding hydrogens is 607 g/mol. The van der Waals surface area contributed by atoms with E-state index in [-0.39, 0.29) is 0 Å². The summed E-state index contributed by atoms with van der Waals surface area (Å²) in [5, 5.41) is 4.77. The molecule has 0 radical (unpaired) electrons. The van der Waals surface area contributed by atoms with Crippen LogP contribution in [0, 0.1) is 0 Å². The first-order valence-corrected chi connectivity index (χ1v) is 17.3. The number of pyridine rings is 1. The zero-order chi connectivity index (χ0) is 33.0. The Labute approximate surface area is 284 Å². The summed E-state index contributed by atoms with van der Waals surface area (Å²) in [6.45, 7) is 8.00. The van der Waals surface area contributed by atoms with Crippen LogP contribution in [-0.4, -0.2) is 24.5 Å². The van der Waals surface area contributed by atoms with Crippen molar-refractivity contribution in [1.29, 1.82) is 0 Å². The van der Waals surface area contributed by atoms with E-state index in [1.807, 2.05) is 94.6 Å². The number of nitrogens with zero attached hydrogens (tertiary/aromatic N) is 5. The van der Waals surface area contributed by atoms with E-state index in [1.165, 1.54) is 26.4 Å². The van der Waals surface area contributed by atoms with Crippen LogP contribution >= 0.6 is 11.3 Å². The van der Waals surface area contributed by atoms with Gasteiger partial charge in [0.2, 0.25) is 0 Å². The fourth-order valence-electron chi connectivity index (χ4n) is 6.08. The van der Waals surface area contributed by atoms with Crippen LogP contribution in [0.1, 0.15) is 27.7 Å². The molecule has 4 heterocycles. The molecule has 4 aromatic heterocycles. The predicted octanol–water partition coefficient (Wildman–Crippen LogP) is 11.8. The smallest absolute Gasteiger partial charge is 0.164 e. The number of benzene rings is 5. The third kappa shape index (κ3) is 5.40. The van der Waals surface area contributed by atoms with Crippen molar-refractivity contribution in [3.8, 4) is 39.9 Å². The maximum Gasteiger partial charge on any atom is 0.164 e. The van der Waals surface area contributed by atoms with Gasteiger partial charge in [-0.1, -0.05) is 125 Å². The third-order valence-corrected chi connectivity index (χ3v) is 9.20. The van der Waals surface area contributed by atoms with Gasteiger partial charge in [-0.05, 0) is 36.4 Å². The van der Waals surface area contributed by atoms with E-state index in [2.05, 4.69) is 77.4 Å². The highest BCUT2D eigenvalue weighted by Crippen LogP contribution is 2.42. The normalized spacial score (nSPS) is 10.9. The molecule has 0 spiro atoms. The molecule has 0 aliphatic carbocycles. The van der Waals surface area contributed by atoms with Gasteiger partial charge in [0.25, 0.3) is 0 Å². The van der Waals surface area contributed by atoms with Gasteiger partial charge in [0, 0.05) is 54.8 Å². The molecule has 0 N–H and O–H groups in total. The molecule has 9 rings (SSSR count). The lowest BCUT2D eigenvalue weighted by molar-refractivity contribution is 1.07. The fraction of sp³-hybridized carbons (Fsp3) is 0.0952. The molecule has 0 aliphatic rings. The average molecular weight is 642 g/mol. The number of aromatic nitrogens is 5. The quantitative estimate of drug-likeness (QED) is 0.192. The van der Waals surface area contributed by atoms with Crippen LogP contribution in [0.2, 0.25) is 0 Å². The molecule has 5 nitrogen and oxygen atoms in total. The van der Waals surface area contributed by atoms with E-state index in [0.717, 1.165) is 38.1 Å². The van der Waals surface area contributed by atoms with E-state index in [0.29, 0.717) is 17.5 Å². The molecule has 0 atom stereocenters. The van der Waals surface area contributed by atoms with Gasteiger partial charge >= 0.3 is 0 Å². The molecule has 0 saturated carbocycles. The number of hydrogen-bond donors (Lipinski definition) is 0. The molecule has 0 unspecified atom stereocenters. The molecule has 0 aliphatic heterocycles. The van der Waals surface area contributed by atoms with Gasteiger partial charge in [-0.15, -0.1) is 11.3 Å². The van der Waals surface area contributed by atoms with Crippen LogP contribution in [0.4, 0.5) is 0 Å². The Morgan fingerprint density at radius 3 is 1.58 bits per heavy atom. The molecule has 6 heteroatoms. The van der Waals surface area contributed by atoms with Gasteiger partial charge in [0.1, 0.15) is 4.83 Å². The fourth-order valence-corrected chi connectivity index (χ4v) is 7.13. The van der Waals surface area contributed by atoms with Crippen LogP contribution in [0.25, 0.3) is 82.0 Å². The van der Waals surface area contributed by atoms with Crippen molar-refractivity contribution >= 4 is 53.4 Å². The van der Waals surface area contributed by atoms with E-state index in [9.17, 15) is 0 Å². The molecule has 0 saturated heterocycles. The number of hydrogen-bond acceptors (Lipinski definition) is 5. The number of rotatable bonds is 4. The Bertz CT molecular complexity index is 2420. The van der Waals surface area contributed by atoms with Crippen molar-refractivity contribution in [3.63, 3.8) is 0 Å². The number of fused-ring (bicyclic) bond motifs is 7. The van der Waals surface area contributed by atoms with Gasteiger partial charge in [-0.25, -0.2) is 19.9 Å². The van der Waals surface area contributed by atoms with Crippen molar-refractivity contribution in [3.05, 3.63) is 140 Å². The minimum absolute atomic E-state index is 0.641. The monoisotopic (exact) mass is 641 g/mol. The lowest BCUT2D eigenvalue weighted by Gasteiger charge is -2.11. The highest BCUT2D eigenvalue weighted by molar-refractivity contribution is 7.25. The molecule has 5 aromatic carbocycles. The summed E-state index contributed by atoms with van der Waals surface area (Å²) in [6.07, 6.45) is 2.03.